The molecule has 0 aliphatic carbocycles. The van der Waals surface area contributed by atoms with E-state index in [4.69, 9.17) is 4.74 Å². The maximum Gasteiger partial charge on any atom is 0.116 e. The van der Waals surface area contributed by atoms with E-state index >= 15 is 0 Å². The first kappa shape index (κ1) is 13.4. The summed E-state index contributed by atoms with van der Waals surface area (Å²) in [7, 11) is 0. The maximum absolute atomic E-state index is 5.78. The molecule has 1 aromatic heterocycles. The number of fused-ring (bicyclic) bond motifs is 1. The number of hydrogen-bond acceptors (Lipinski definition) is 4. The topological polar surface area (TPSA) is 62.8 Å². The quantitative estimate of drug-likeness (QED) is 0.777. The molecule has 1 unspecified atom stereocenters. The predicted octanol–water partition coefficient (Wildman–Crippen LogP) is 2.21. The van der Waals surface area contributed by atoms with E-state index in [1.54, 1.807) is 0 Å². The molecule has 0 amide bonds. The van der Waals surface area contributed by atoms with Crippen molar-refractivity contribution in [1.29, 1.82) is 0 Å². The maximum atomic E-state index is 5.78. The molecule has 1 fully saturated rings. The molecular formula is C17H18N4O. The van der Waals surface area contributed by atoms with E-state index in [-0.39, 0.29) is 6.10 Å². The van der Waals surface area contributed by atoms with E-state index in [0.29, 0.717) is 0 Å². The van der Waals surface area contributed by atoms with Crippen molar-refractivity contribution in [3.63, 3.8) is 0 Å². The van der Waals surface area contributed by atoms with Crippen LogP contribution < -0.4 is 5.32 Å². The van der Waals surface area contributed by atoms with Crippen molar-refractivity contribution in [2.45, 2.75) is 12.5 Å². The van der Waals surface area contributed by atoms with Crippen molar-refractivity contribution in [2.24, 2.45) is 0 Å². The Balaban J connectivity index is 1.54. The summed E-state index contributed by atoms with van der Waals surface area (Å²) in [4.78, 5) is 0. The molecular weight excluding hydrogens is 276 g/mol. The Labute approximate surface area is 128 Å². The van der Waals surface area contributed by atoms with E-state index < -0.39 is 0 Å². The SMILES string of the molecule is c1cc(Cc2ccc(C3CNCCO3)cc2)c2n[nH]nc2c1. The number of benzene rings is 2. The van der Waals surface area contributed by atoms with Gasteiger partial charge in [0.2, 0.25) is 0 Å². The van der Waals surface area contributed by atoms with Crippen LogP contribution in [0.3, 0.4) is 0 Å². The van der Waals surface area contributed by atoms with Gasteiger partial charge in [-0.05, 0) is 29.2 Å². The van der Waals surface area contributed by atoms with Crippen LogP contribution in [0.2, 0.25) is 0 Å². The number of hydrogen-bond donors (Lipinski definition) is 2. The molecule has 0 spiro atoms. The normalized spacial score (nSPS) is 18.6. The number of ether oxygens (including phenoxy) is 1. The average Bonchev–Trinajstić information content (AvgIpc) is 3.06. The molecule has 5 heteroatoms. The number of aromatic amines is 1. The lowest BCUT2D eigenvalue weighted by atomic mass is 10.0. The third kappa shape index (κ3) is 2.61. The average molecular weight is 294 g/mol. The van der Waals surface area contributed by atoms with Crippen molar-refractivity contribution in [2.75, 3.05) is 19.7 Å². The van der Waals surface area contributed by atoms with E-state index in [9.17, 15) is 0 Å². The minimum absolute atomic E-state index is 0.168. The summed E-state index contributed by atoms with van der Waals surface area (Å²) >= 11 is 0. The lowest BCUT2D eigenvalue weighted by Crippen LogP contribution is -2.33. The molecule has 3 aromatic rings. The monoisotopic (exact) mass is 294 g/mol. The third-order valence-corrected chi connectivity index (χ3v) is 4.10. The lowest BCUT2D eigenvalue weighted by Gasteiger charge is -2.24. The smallest absolute Gasteiger partial charge is 0.116 e. The predicted molar refractivity (Wildman–Crippen MR) is 84.7 cm³/mol. The minimum atomic E-state index is 0.168. The molecule has 1 atom stereocenters. The first-order valence-electron chi connectivity index (χ1n) is 7.60. The fourth-order valence-corrected chi connectivity index (χ4v) is 2.92. The summed E-state index contributed by atoms with van der Waals surface area (Å²) < 4.78 is 5.78. The van der Waals surface area contributed by atoms with Crippen LogP contribution in [0.4, 0.5) is 0 Å². The summed E-state index contributed by atoms with van der Waals surface area (Å²) in [5, 5.41) is 14.4. The van der Waals surface area contributed by atoms with Crippen LogP contribution in [0.25, 0.3) is 11.0 Å². The third-order valence-electron chi connectivity index (χ3n) is 4.10. The van der Waals surface area contributed by atoms with Gasteiger partial charge in [0.15, 0.2) is 0 Å². The highest BCUT2D eigenvalue weighted by Crippen LogP contribution is 2.21. The van der Waals surface area contributed by atoms with Gasteiger partial charge in [-0.25, -0.2) is 0 Å². The Hall–Kier alpha value is -2.24. The second-order valence-corrected chi connectivity index (χ2v) is 5.59. The fraction of sp³-hybridized carbons (Fsp3) is 0.294. The standard InChI is InChI=1S/C17H18N4O/c1-2-14(17-15(3-1)19-21-20-17)10-12-4-6-13(7-5-12)16-11-18-8-9-22-16/h1-7,16,18H,8-11H2,(H,19,20,21). The Bertz CT molecular complexity index is 760. The van der Waals surface area contributed by atoms with Crippen LogP contribution in [0, 0.1) is 0 Å². The Kier molecular flexibility index (Phi) is 3.58. The molecule has 2 heterocycles. The Morgan fingerprint density at radius 3 is 2.82 bits per heavy atom. The van der Waals surface area contributed by atoms with Crippen molar-refractivity contribution in [3.8, 4) is 0 Å². The highest BCUT2D eigenvalue weighted by molar-refractivity contribution is 5.77. The van der Waals surface area contributed by atoms with Gasteiger partial charge in [0.25, 0.3) is 0 Å². The zero-order valence-corrected chi connectivity index (χ0v) is 12.2. The zero-order valence-electron chi connectivity index (χ0n) is 12.2. The summed E-state index contributed by atoms with van der Waals surface area (Å²) in [6, 6.07) is 14.8. The minimum Gasteiger partial charge on any atom is -0.371 e. The molecule has 1 aliphatic heterocycles. The number of rotatable bonds is 3. The summed E-state index contributed by atoms with van der Waals surface area (Å²) in [5.74, 6) is 0. The van der Waals surface area contributed by atoms with Gasteiger partial charge in [-0.1, -0.05) is 36.4 Å². The highest BCUT2D eigenvalue weighted by atomic mass is 16.5. The van der Waals surface area contributed by atoms with Crippen LogP contribution in [0.15, 0.2) is 42.5 Å². The molecule has 112 valence electrons. The number of aromatic nitrogens is 3. The summed E-state index contributed by atoms with van der Waals surface area (Å²) in [5.41, 5.74) is 5.55. The van der Waals surface area contributed by atoms with Gasteiger partial charge in [-0.2, -0.15) is 15.4 Å². The van der Waals surface area contributed by atoms with Crippen LogP contribution in [0.5, 0.6) is 0 Å². The van der Waals surface area contributed by atoms with Crippen molar-refractivity contribution < 1.29 is 4.74 Å². The van der Waals surface area contributed by atoms with Crippen LogP contribution in [-0.2, 0) is 11.2 Å². The molecule has 0 saturated carbocycles. The van der Waals surface area contributed by atoms with Gasteiger partial charge >= 0.3 is 0 Å². The van der Waals surface area contributed by atoms with Gasteiger partial charge in [0, 0.05) is 13.1 Å². The van der Waals surface area contributed by atoms with Crippen molar-refractivity contribution in [3.05, 3.63) is 59.2 Å². The molecule has 2 N–H and O–H groups in total. The van der Waals surface area contributed by atoms with Gasteiger partial charge in [-0.15, -0.1) is 0 Å². The number of para-hydroxylation sites is 1. The molecule has 22 heavy (non-hydrogen) atoms. The second kappa shape index (κ2) is 5.87. The summed E-state index contributed by atoms with van der Waals surface area (Å²) in [6.07, 6.45) is 1.02. The number of H-pyrrole nitrogens is 1. The molecule has 1 saturated heterocycles. The van der Waals surface area contributed by atoms with Gasteiger partial charge < -0.3 is 10.1 Å². The fourth-order valence-electron chi connectivity index (χ4n) is 2.92. The van der Waals surface area contributed by atoms with Crippen LogP contribution in [0.1, 0.15) is 22.8 Å². The molecule has 0 radical (unpaired) electrons. The highest BCUT2D eigenvalue weighted by Gasteiger charge is 2.15. The summed E-state index contributed by atoms with van der Waals surface area (Å²) in [6.45, 7) is 2.61. The Morgan fingerprint density at radius 1 is 1.09 bits per heavy atom. The van der Waals surface area contributed by atoms with Crippen LogP contribution >= 0.6 is 0 Å². The van der Waals surface area contributed by atoms with E-state index in [2.05, 4.69) is 51.1 Å². The first-order valence-corrected chi connectivity index (χ1v) is 7.60. The van der Waals surface area contributed by atoms with E-state index in [1.807, 2.05) is 12.1 Å². The molecule has 4 rings (SSSR count). The lowest BCUT2D eigenvalue weighted by molar-refractivity contribution is 0.0277. The van der Waals surface area contributed by atoms with Gasteiger partial charge in [-0.3, -0.25) is 0 Å². The van der Waals surface area contributed by atoms with Crippen LogP contribution in [-0.4, -0.2) is 35.1 Å². The largest absolute Gasteiger partial charge is 0.371 e. The second-order valence-electron chi connectivity index (χ2n) is 5.59. The van der Waals surface area contributed by atoms with Crippen molar-refractivity contribution >= 4 is 11.0 Å². The molecule has 5 nitrogen and oxygen atoms in total. The number of morpholine rings is 1. The van der Waals surface area contributed by atoms with Gasteiger partial charge in [0.05, 0.1) is 12.7 Å². The molecule has 2 aromatic carbocycles. The number of nitrogens with one attached hydrogen (secondary N) is 2. The number of nitrogens with zero attached hydrogens (tertiary/aromatic N) is 2. The van der Waals surface area contributed by atoms with E-state index in [1.165, 1.54) is 16.7 Å². The van der Waals surface area contributed by atoms with E-state index in [0.717, 1.165) is 37.2 Å². The van der Waals surface area contributed by atoms with Crippen molar-refractivity contribution in [1.82, 2.24) is 20.7 Å². The first-order chi connectivity index (χ1) is 10.9. The molecule has 1 aliphatic rings. The zero-order chi connectivity index (χ0) is 14.8. The molecule has 0 bridgehead atoms. The Morgan fingerprint density at radius 2 is 2.00 bits per heavy atom. The van der Waals surface area contributed by atoms with Gasteiger partial charge in [0.1, 0.15) is 11.0 Å².